The van der Waals surface area contributed by atoms with Crippen LogP contribution < -0.4 is 5.43 Å². The highest BCUT2D eigenvalue weighted by molar-refractivity contribution is 14.1. The molecule has 2 aromatic rings. The fourth-order valence-corrected chi connectivity index (χ4v) is 1.41. The lowest BCUT2D eigenvalue weighted by atomic mass is 10.5. The largest absolute Gasteiger partial charge is 0.286 e. The van der Waals surface area contributed by atoms with Gasteiger partial charge >= 0.3 is 0 Å². The summed E-state index contributed by atoms with van der Waals surface area (Å²) in [6, 6.07) is 1.49. The molecule has 0 saturated carbocycles. The van der Waals surface area contributed by atoms with E-state index >= 15 is 0 Å². The molecular formula is C6H4IN3O. The Hall–Kier alpha value is -0.850. The second-order valence-corrected chi connectivity index (χ2v) is 3.05. The fraction of sp³-hybridized carbons (Fsp3) is 0. The summed E-state index contributed by atoms with van der Waals surface area (Å²) in [7, 11) is 0. The third-order valence-electron chi connectivity index (χ3n) is 1.40. The number of fused-ring (bicyclic) bond motifs is 1. The topological polar surface area (TPSA) is 39.3 Å². The fourth-order valence-electron chi connectivity index (χ4n) is 0.903. The smallest absolute Gasteiger partial charge is 0.224 e. The molecule has 0 saturated heterocycles. The predicted molar refractivity (Wildman–Crippen MR) is 48.9 cm³/mol. The minimum Gasteiger partial charge on any atom is -0.286 e. The van der Waals surface area contributed by atoms with Crippen molar-refractivity contribution in [2.24, 2.45) is 0 Å². The first-order valence-corrected chi connectivity index (χ1v) is 3.97. The molecule has 0 aliphatic heterocycles. The van der Waals surface area contributed by atoms with Crippen LogP contribution in [0.2, 0.25) is 0 Å². The van der Waals surface area contributed by atoms with Gasteiger partial charge in [-0.25, -0.2) is 12.4 Å². The molecule has 4 nitrogen and oxygen atoms in total. The number of imidazole rings is 1. The number of aromatic nitrogens is 3. The van der Waals surface area contributed by atoms with Crippen LogP contribution in [0.5, 0.6) is 0 Å². The van der Waals surface area contributed by atoms with Crippen LogP contribution in [0.3, 0.4) is 0 Å². The molecule has 2 heterocycles. The minimum atomic E-state index is -0.0529. The van der Waals surface area contributed by atoms with E-state index in [0.717, 1.165) is 0 Å². The van der Waals surface area contributed by atoms with Gasteiger partial charge in [-0.2, -0.15) is 0 Å². The first-order valence-electron chi connectivity index (χ1n) is 3.00. The molecule has 56 valence electrons. The van der Waals surface area contributed by atoms with Gasteiger partial charge in [-0.15, -0.1) is 0 Å². The van der Waals surface area contributed by atoms with Crippen molar-refractivity contribution in [3.8, 4) is 0 Å². The SMILES string of the molecule is O=c1ccn(I)n2ccnc12. The van der Waals surface area contributed by atoms with Crippen molar-refractivity contribution < 1.29 is 0 Å². The average molecular weight is 261 g/mol. The summed E-state index contributed by atoms with van der Waals surface area (Å²) in [4.78, 5) is 15.0. The van der Waals surface area contributed by atoms with Crippen LogP contribution >= 0.6 is 22.9 Å². The number of nitrogens with zero attached hydrogens (tertiary/aromatic N) is 3. The lowest BCUT2D eigenvalue weighted by Crippen LogP contribution is -2.08. The first-order chi connectivity index (χ1) is 5.29. The summed E-state index contributed by atoms with van der Waals surface area (Å²) < 4.78 is 3.45. The zero-order valence-corrected chi connectivity index (χ0v) is 7.59. The zero-order valence-electron chi connectivity index (χ0n) is 5.44. The lowest BCUT2D eigenvalue weighted by Gasteiger charge is -1.97. The van der Waals surface area contributed by atoms with Gasteiger partial charge in [-0.3, -0.25) is 4.79 Å². The lowest BCUT2D eigenvalue weighted by molar-refractivity contribution is 0.902. The van der Waals surface area contributed by atoms with E-state index in [9.17, 15) is 4.79 Å². The summed E-state index contributed by atoms with van der Waals surface area (Å²) in [5, 5.41) is 0. The molecule has 11 heavy (non-hydrogen) atoms. The Kier molecular flexibility index (Phi) is 1.45. The maximum Gasteiger partial charge on any atom is 0.224 e. The van der Waals surface area contributed by atoms with Gasteiger partial charge in [0.15, 0.2) is 0 Å². The monoisotopic (exact) mass is 261 g/mol. The molecule has 2 rings (SSSR count). The molecule has 0 unspecified atom stereocenters. The molecule has 0 bridgehead atoms. The van der Waals surface area contributed by atoms with Gasteiger partial charge < -0.3 is 0 Å². The second-order valence-electron chi connectivity index (χ2n) is 2.06. The van der Waals surface area contributed by atoms with Crippen molar-refractivity contribution in [1.82, 2.24) is 12.4 Å². The van der Waals surface area contributed by atoms with E-state index < -0.39 is 0 Å². The Morgan fingerprint density at radius 3 is 3.00 bits per heavy atom. The Balaban J connectivity index is 3.08. The number of rotatable bonds is 0. The molecule has 0 atom stereocenters. The predicted octanol–water partition coefficient (Wildman–Crippen LogP) is 0.694. The number of hydrogen-bond acceptors (Lipinski definition) is 2. The number of halogens is 1. The van der Waals surface area contributed by atoms with Gasteiger partial charge in [0.1, 0.15) is 0 Å². The van der Waals surface area contributed by atoms with E-state index in [4.69, 9.17) is 0 Å². The van der Waals surface area contributed by atoms with Crippen LogP contribution in [0, 0.1) is 0 Å². The van der Waals surface area contributed by atoms with Crippen LogP contribution in [0.4, 0.5) is 0 Å². The highest BCUT2D eigenvalue weighted by atomic mass is 127. The zero-order chi connectivity index (χ0) is 7.84. The normalized spacial score (nSPS) is 10.6. The van der Waals surface area contributed by atoms with Crippen LogP contribution in [-0.4, -0.2) is 12.4 Å². The van der Waals surface area contributed by atoms with Crippen LogP contribution in [0.25, 0.3) is 5.65 Å². The molecule has 0 spiro atoms. The quantitative estimate of drug-likeness (QED) is 0.654. The van der Waals surface area contributed by atoms with Crippen molar-refractivity contribution in [1.29, 1.82) is 0 Å². The molecule has 0 radical (unpaired) electrons. The molecule has 2 aromatic heterocycles. The molecule has 0 aromatic carbocycles. The van der Waals surface area contributed by atoms with Gasteiger partial charge in [-0.1, -0.05) is 0 Å². The standard InChI is InChI=1S/C6H4IN3O/c7-10-3-1-5(11)6-8-2-4-9(6)10/h1-4H. The average Bonchev–Trinajstić information content (AvgIpc) is 2.45. The summed E-state index contributed by atoms with van der Waals surface area (Å²) in [5.41, 5.74) is 0.407. The van der Waals surface area contributed by atoms with Gasteiger partial charge in [0.05, 0.1) is 22.9 Å². The van der Waals surface area contributed by atoms with Crippen LogP contribution in [0.15, 0.2) is 29.5 Å². The number of hydrogen-bond donors (Lipinski definition) is 0. The van der Waals surface area contributed by atoms with E-state index in [1.165, 1.54) is 6.07 Å². The molecular weight excluding hydrogens is 257 g/mol. The van der Waals surface area contributed by atoms with Crippen molar-refractivity contribution in [3.63, 3.8) is 0 Å². The van der Waals surface area contributed by atoms with Gasteiger partial charge in [0.2, 0.25) is 11.1 Å². The molecule has 0 fully saturated rings. The molecule has 0 aliphatic carbocycles. The Bertz CT molecular complexity index is 444. The van der Waals surface area contributed by atoms with E-state index in [1.807, 2.05) is 0 Å². The highest BCUT2D eigenvalue weighted by Gasteiger charge is 1.98. The molecule has 0 amide bonds. The Labute approximate surface area is 75.9 Å². The summed E-state index contributed by atoms with van der Waals surface area (Å²) in [6.07, 6.45) is 5.03. The third-order valence-corrected chi connectivity index (χ3v) is 2.18. The van der Waals surface area contributed by atoms with E-state index in [2.05, 4.69) is 27.8 Å². The summed E-state index contributed by atoms with van der Waals surface area (Å²) in [6.45, 7) is 0. The van der Waals surface area contributed by atoms with E-state index in [-0.39, 0.29) is 5.43 Å². The van der Waals surface area contributed by atoms with Gasteiger partial charge in [0, 0.05) is 24.7 Å². The van der Waals surface area contributed by atoms with E-state index in [0.29, 0.717) is 5.65 Å². The maximum atomic E-state index is 11.1. The molecule has 0 N–H and O–H groups in total. The minimum absolute atomic E-state index is 0.0529. The van der Waals surface area contributed by atoms with Gasteiger partial charge in [0.25, 0.3) is 0 Å². The van der Waals surface area contributed by atoms with Crippen LogP contribution in [0.1, 0.15) is 0 Å². The summed E-state index contributed by atoms with van der Waals surface area (Å²) in [5.74, 6) is 0. The molecule has 5 heteroatoms. The van der Waals surface area contributed by atoms with Gasteiger partial charge in [-0.05, 0) is 0 Å². The first kappa shape index (κ1) is 6.84. The van der Waals surface area contributed by atoms with E-state index in [1.54, 1.807) is 26.0 Å². The van der Waals surface area contributed by atoms with Crippen molar-refractivity contribution in [2.75, 3.05) is 0 Å². The van der Waals surface area contributed by atoms with Crippen molar-refractivity contribution in [3.05, 3.63) is 34.9 Å². The van der Waals surface area contributed by atoms with Crippen molar-refractivity contribution in [2.45, 2.75) is 0 Å². The maximum absolute atomic E-state index is 11.1. The van der Waals surface area contributed by atoms with Crippen LogP contribution in [-0.2, 0) is 0 Å². The summed E-state index contributed by atoms with van der Waals surface area (Å²) >= 11 is 2.07. The Morgan fingerprint density at radius 2 is 2.27 bits per heavy atom. The molecule has 0 aliphatic rings. The van der Waals surface area contributed by atoms with Crippen molar-refractivity contribution >= 4 is 28.5 Å². The third kappa shape index (κ3) is 0.953. The highest BCUT2D eigenvalue weighted by Crippen LogP contribution is 1.97. The second kappa shape index (κ2) is 2.33. The Morgan fingerprint density at radius 1 is 1.45 bits per heavy atom.